The minimum atomic E-state index is -1.02. The number of rotatable bonds is 4. The number of hydrogen-bond acceptors (Lipinski definition) is 2. The third kappa shape index (κ3) is 3.44. The molecule has 3 rings (SSSR count). The molecule has 0 spiro atoms. The Morgan fingerprint density at radius 1 is 1.12 bits per heavy atom. The fourth-order valence-electron chi connectivity index (χ4n) is 2.89. The second-order valence-corrected chi connectivity index (χ2v) is 6.64. The quantitative estimate of drug-likeness (QED) is 0.726. The predicted octanol–water partition coefficient (Wildman–Crippen LogP) is 4.88. The number of carboxylic acids is 1. The average Bonchev–Trinajstić information content (AvgIpc) is 2.89. The monoisotopic (exact) mass is 354 g/mol. The third-order valence-electron chi connectivity index (χ3n) is 4.28. The molecule has 0 fully saturated rings. The molecule has 1 heterocycles. The van der Waals surface area contributed by atoms with Gasteiger partial charge >= 0.3 is 5.97 Å². The van der Waals surface area contributed by atoms with Crippen molar-refractivity contribution in [1.82, 2.24) is 9.78 Å². The van der Waals surface area contributed by atoms with Gasteiger partial charge in [0.25, 0.3) is 0 Å². The lowest BCUT2D eigenvalue weighted by Gasteiger charge is -2.10. The molecule has 0 saturated carbocycles. The maximum absolute atomic E-state index is 11.5. The predicted molar refractivity (Wildman–Crippen MR) is 99.4 cm³/mol. The van der Waals surface area contributed by atoms with Gasteiger partial charge in [0.05, 0.1) is 12.2 Å². The van der Waals surface area contributed by atoms with Gasteiger partial charge in [-0.2, -0.15) is 5.10 Å². The number of benzene rings is 2. The third-order valence-corrected chi connectivity index (χ3v) is 4.70. The van der Waals surface area contributed by atoms with E-state index in [0.717, 1.165) is 22.4 Å². The molecule has 3 aromatic rings. The lowest BCUT2D eigenvalue weighted by Crippen LogP contribution is -2.06. The van der Waals surface area contributed by atoms with Crippen LogP contribution in [0.25, 0.3) is 11.3 Å². The van der Waals surface area contributed by atoms with Gasteiger partial charge in [-0.05, 0) is 44.0 Å². The van der Waals surface area contributed by atoms with E-state index >= 15 is 0 Å². The summed E-state index contributed by atoms with van der Waals surface area (Å²) in [5, 5.41) is 14.5. The molecule has 0 saturated heterocycles. The molecule has 4 nitrogen and oxygen atoms in total. The second kappa shape index (κ2) is 6.73. The summed E-state index contributed by atoms with van der Waals surface area (Å²) in [6.07, 6.45) is 0. The maximum Gasteiger partial charge on any atom is 0.356 e. The van der Waals surface area contributed by atoms with Gasteiger partial charge in [-0.3, -0.25) is 4.68 Å². The van der Waals surface area contributed by atoms with E-state index in [0.29, 0.717) is 17.1 Å². The van der Waals surface area contributed by atoms with Crippen LogP contribution in [-0.2, 0) is 6.54 Å². The zero-order valence-corrected chi connectivity index (χ0v) is 15.1. The van der Waals surface area contributed by atoms with Crippen LogP contribution < -0.4 is 0 Å². The van der Waals surface area contributed by atoms with Crippen molar-refractivity contribution in [3.05, 3.63) is 75.4 Å². The first-order chi connectivity index (χ1) is 11.9. The number of aromatic carboxylic acids is 1. The highest BCUT2D eigenvalue weighted by Crippen LogP contribution is 2.29. The second-order valence-electron chi connectivity index (χ2n) is 6.23. The number of nitrogens with zero attached hydrogens (tertiary/aromatic N) is 2. The van der Waals surface area contributed by atoms with Crippen LogP contribution >= 0.6 is 11.6 Å². The molecule has 0 aliphatic heterocycles. The zero-order chi connectivity index (χ0) is 18.1. The fraction of sp³-hybridized carbons (Fsp3) is 0.200. The molecule has 128 valence electrons. The Morgan fingerprint density at radius 3 is 2.40 bits per heavy atom. The van der Waals surface area contributed by atoms with Gasteiger partial charge in [0.2, 0.25) is 0 Å². The smallest absolute Gasteiger partial charge is 0.356 e. The topological polar surface area (TPSA) is 55.1 Å². The van der Waals surface area contributed by atoms with E-state index in [-0.39, 0.29) is 5.69 Å². The number of halogens is 1. The molecule has 0 radical (unpaired) electrons. The molecule has 5 heteroatoms. The van der Waals surface area contributed by atoms with Crippen molar-refractivity contribution in [2.24, 2.45) is 0 Å². The van der Waals surface area contributed by atoms with Crippen molar-refractivity contribution < 1.29 is 9.90 Å². The van der Waals surface area contributed by atoms with Gasteiger partial charge < -0.3 is 5.11 Å². The molecule has 2 aromatic carbocycles. The molecular weight excluding hydrogens is 336 g/mol. The van der Waals surface area contributed by atoms with Gasteiger partial charge in [-0.1, -0.05) is 47.5 Å². The summed E-state index contributed by atoms with van der Waals surface area (Å²) in [4.78, 5) is 11.5. The number of aromatic nitrogens is 2. The molecular formula is C20H19ClN2O2. The Bertz CT molecular complexity index is 943. The van der Waals surface area contributed by atoms with E-state index < -0.39 is 5.97 Å². The molecule has 0 unspecified atom stereocenters. The molecule has 25 heavy (non-hydrogen) atoms. The van der Waals surface area contributed by atoms with Crippen LogP contribution in [0.3, 0.4) is 0 Å². The van der Waals surface area contributed by atoms with E-state index in [2.05, 4.69) is 5.10 Å². The Hall–Kier alpha value is -2.59. The number of carboxylic acid groups (broad SMARTS) is 1. The van der Waals surface area contributed by atoms with Crippen LogP contribution in [0.5, 0.6) is 0 Å². The van der Waals surface area contributed by atoms with Gasteiger partial charge in [0, 0.05) is 16.1 Å². The van der Waals surface area contributed by atoms with Crippen molar-refractivity contribution in [2.75, 3.05) is 0 Å². The fourth-order valence-corrected chi connectivity index (χ4v) is 3.01. The zero-order valence-electron chi connectivity index (χ0n) is 14.4. The largest absolute Gasteiger partial charge is 0.476 e. The number of aryl methyl sites for hydroxylation is 2. The first-order valence-corrected chi connectivity index (χ1v) is 8.37. The van der Waals surface area contributed by atoms with E-state index in [1.54, 1.807) is 11.6 Å². The van der Waals surface area contributed by atoms with Gasteiger partial charge in [-0.15, -0.1) is 0 Å². The summed E-state index contributed by atoms with van der Waals surface area (Å²) < 4.78 is 1.76. The number of carbonyl (C=O) groups is 1. The van der Waals surface area contributed by atoms with Crippen molar-refractivity contribution in [3.8, 4) is 11.3 Å². The van der Waals surface area contributed by atoms with Crippen LogP contribution in [0.4, 0.5) is 0 Å². The standard InChI is InChI=1S/C20H19ClN2O2/c1-12-4-6-15(7-5-12)11-23-19(14(3)18(22-23)20(24)25)16-8-9-17(21)13(2)10-16/h4-10H,11H2,1-3H3,(H,24,25). The van der Waals surface area contributed by atoms with Crippen LogP contribution in [0.2, 0.25) is 5.02 Å². The molecule has 1 N–H and O–H groups in total. The SMILES string of the molecule is Cc1ccc(Cn2nc(C(=O)O)c(C)c2-c2ccc(Cl)c(C)c2)cc1. The van der Waals surface area contributed by atoms with Gasteiger partial charge in [0.15, 0.2) is 5.69 Å². The van der Waals surface area contributed by atoms with Crippen LogP contribution in [0.15, 0.2) is 42.5 Å². The van der Waals surface area contributed by atoms with E-state index in [9.17, 15) is 9.90 Å². The minimum Gasteiger partial charge on any atom is -0.476 e. The van der Waals surface area contributed by atoms with Crippen LogP contribution in [0, 0.1) is 20.8 Å². The van der Waals surface area contributed by atoms with Crippen molar-refractivity contribution in [1.29, 1.82) is 0 Å². The van der Waals surface area contributed by atoms with Crippen LogP contribution in [0.1, 0.15) is 32.7 Å². The summed E-state index contributed by atoms with van der Waals surface area (Å²) in [6, 6.07) is 13.8. The average molecular weight is 355 g/mol. The maximum atomic E-state index is 11.5. The van der Waals surface area contributed by atoms with Crippen molar-refractivity contribution in [3.63, 3.8) is 0 Å². The van der Waals surface area contributed by atoms with Gasteiger partial charge in [-0.25, -0.2) is 4.79 Å². The Morgan fingerprint density at radius 2 is 1.80 bits per heavy atom. The number of hydrogen-bond donors (Lipinski definition) is 1. The highest BCUT2D eigenvalue weighted by atomic mass is 35.5. The molecule has 0 bridgehead atoms. The van der Waals surface area contributed by atoms with E-state index in [4.69, 9.17) is 11.6 Å². The summed E-state index contributed by atoms with van der Waals surface area (Å²) >= 11 is 6.13. The van der Waals surface area contributed by atoms with E-state index in [1.165, 1.54) is 5.56 Å². The Balaban J connectivity index is 2.13. The first-order valence-electron chi connectivity index (χ1n) is 7.99. The van der Waals surface area contributed by atoms with Gasteiger partial charge in [0.1, 0.15) is 0 Å². The molecule has 0 aliphatic carbocycles. The molecule has 1 aromatic heterocycles. The minimum absolute atomic E-state index is 0.0784. The first kappa shape index (κ1) is 17.2. The highest BCUT2D eigenvalue weighted by molar-refractivity contribution is 6.31. The Kier molecular flexibility index (Phi) is 4.64. The van der Waals surface area contributed by atoms with Crippen molar-refractivity contribution >= 4 is 17.6 Å². The lowest BCUT2D eigenvalue weighted by molar-refractivity contribution is 0.0688. The molecule has 0 aliphatic rings. The Labute approximate surface area is 151 Å². The van der Waals surface area contributed by atoms with Crippen molar-refractivity contribution in [2.45, 2.75) is 27.3 Å². The van der Waals surface area contributed by atoms with E-state index in [1.807, 2.05) is 56.3 Å². The summed E-state index contributed by atoms with van der Waals surface area (Å²) in [5.74, 6) is -1.02. The summed E-state index contributed by atoms with van der Waals surface area (Å²) in [7, 11) is 0. The summed E-state index contributed by atoms with van der Waals surface area (Å²) in [6.45, 7) is 6.26. The lowest BCUT2D eigenvalue weighted by atomic mass is 10.0. The molecule has 0 atom stereocenters. The normalized spacial score (nSPS) is 10.9. The summed E-state index contributed by atoms with van der Waals surface area (Å²) in [5.41, 5.74) is 5.64. The molecule has 0 amide bonds. The highest BCUT2D eigenvalue weighted by Gasteiger charge is 2.21. The van der Waals surface area contributed by atoms with Crippen LogP contribution in [-0.4, -0.2) is 20.9 Å².